The Labute approximate surface area is 102 Å². The van der Waals surface area contributed by atoms with Crippen LogP contribution in [0.25, 0.3) is 0 Å². The van der Waals surface area contributed by atoms with Gasteiger partial charge in [0.25, 0.3) is 0 Å². The first-order chi connectivity index (χ1) is 7.98. The van der Waals surface area contributed by atoms with Gasteiger partial charge < -0.3 is 10.5 Å². The Bertz CT molecular complexity index is 427. The molecule has 17 heavy (non-hydrogen) atoms. The summed E-state index contributed by atoms with van der Waals surface area (Å²) in [6.07, 6.45) is 1.37. The average Bonchev–Trinajstić information content (AvgIpc) is 2.22. The molecule has 1 aliphatic carbocycles. The quantitative estimate of drug-likeness (QED) is 0.793. The van der Waals surface area contributed by atoms with E-state index in [9.17, 15) is 4.79 Å². The van der Waals surface area contributed by atoms with E-state index in [4.69, 9.17) is 10.5 Å². The van der Waals surface area contributed by atoms with Crippen molar-refractivity contribution < 1.29 is 9.53 Å². The molecule has 0 amide bonds. The SMILES string of the molecule is COC(=O)C1(c2cc(C)cc(C)c2)CC(N)C1. The Kier molecular flexibility index (Phi) is 2.96. The molecule has 3 nitrogen and oxygen atoms in total. The van der Waals surface area contributed by atoms with Gasteiger partial charge in [-0.05, 0) is 32.3 Å². The number of carbonyl (C=O) groups excluding carboxylic acids is 1. The number of esters is 1. The highest BCUT2D eigenvalue weighted by atomic mass is 16.5. The largest absolute Gasteiger partial charge is 0.468 e. The normalized spacial score (nSPS) is 27.4. The lowest BCUT2D eigenvalue weighted by molar-refractivity contribution is -0.152. The van der Waals surface area contributed by atoms with E-state index in [1.54, 1.807) is 0 Å². The monoisotopic (exact) mass is 233 g/mol. The van der Waals surface area contributed by atoms with Gasteiger partial charge in [0.2, 0.25) is 0 Å². The van der Waals surface area contributed by atoms with Crippen LogP contribution in [-0.4, -0.2) is 19.1 Å². The Hall–Kier alpha value is -1.35. The van der Waals surface area contributed by atoms with E-state index in [2.05, 4.69) is 18.2 Å². The van der Waals surface area contributed by atoms with Gasteiger partial charge in [-0.25, -0.2) is 0 Å². The maximum absolute atomic E-state index is 12.0. The van der Waals surface area contributed by atoms with E-state index >= 15 is 0 Å². The van der Waals surface area contributed by atoms with Gasteiger partial charge in [0, 0.05) is 6.04 Å². The number of carbonyl (C=O) groups is 1. The molecule has 1 aliphatic rings. The molecule has 2 rings (SSSR count). The van der Waals surface area contributed by atoms with Crippen LogP contribution in [0.4, 0.5) is 0 Å². The van der Waals surface area contributed by atoms with Crippen LogP contribution in [0.2, 0.25) is 0 Å². The second-order valence-corrected chi connectivity index (χ2v) is 5.12. The number of aryl methyl sites for hydroxylation is 2. The van der Waals surface area contributed by atoms with E-state index in [0.29, 0.717) is 12.8 Å². The molecular weight excluding hydrogens is 214 g/mol. The first-order valence-corrected chi connectivity index (χ1v) is 5.91. The summed E-state index contributed by atoms with van der Waals surface area (Å²) in [7, 11) is 1.44. The molecule has 0 bridgehead atoms. The topological polar surface area (TPSA) is 52.3 Å². The highest BCUT2D eigenvalue weighted by molar-refractivity contribution is 5.85. The lowest BCUT2D eigenvalue weighted by atomic mass is 9.61. The van der Waals surface area contributed by atoms with E-state index < -0.39 is 5.41 Å². The molecule has 1 saturated carbocycles. The number of rotatable bonds is 2. The molecule has 0 aromatic heterocycles. The molecule has 0 spiro atoms. The van der Waals surface area contributed by atoms with Crippen molar-refractivity contribution in [1.29, 1.82) is 0 Å². The number of benzene rings is 1. The fourth-order valence-electron chi connectivity index (χ4n) is 2.80. The highest BCUT2D eigenvalue weighted by Gasteiger charge is 2.51. The van der Waals surface area contributed by atoms with Gasteiger partial charge in [-0.1, -0.05) is 29.3 Å². The van der Waals surface area contributed by atoms with Crippen LogP contribution in [-0.2, 0) is 14.9 Å². The first kappa shape index (κ1) is 12.1. The second-order valence-electron chi connectivity index (χ2n) is 5.12. The summed E-state index contributed by atoms with van der Waals surface area (Å²) in [5.74, 6) is -0.163. The average molecular weight is 233 g/mol. The van der Waals surface area contributed by atoms with Gasteiger partial charge in [-0.3, -0.25) is 4.79 Å². The number of nitrogens with two attached hydrogens (primary N) is 1. The smallest absolute Gasteiger partial charge is 0.316 e. The van der Waals surface area contributed by atoms with Crippen molar-refractivity contribution in [2.75, 3.05) is 7.11 Å². The van der Waals surface area contributed by atoms with Crippen molar-refractivity contribution in [3.05, 3.63) is 34.9 Å². The fourth-order valence-corrected chi connectivity index (χ4v) is 2.80. The highest BCUT2D eigenvalue weighted by Crippen LogP contribution is 2.44. The molecule has 0 aliphatic heterocycles. The van der Waals surface area contributed by atoms with Crippen LogP contribution in [0, 0.1) is 13.8 Å². The molecule has 0 atom stereocenters. The molecule has 0 saturated heterocycles. The fraction of sp³-hybridized carbons (Fsp3) is 0.500. The van der Waals surface area contributed by atoms with Gasteiger partial charge in [0.15, 0.2) is 0 Å². The first-order valence-electron chi connectivity index (χ1n) is 5.91. The molecule has 0 unspecified atom stereocenters. The molecule has 3 heteroatoms. The molecule has 1 aromatic rings. The zero-order chi connectivity index (χ0) is 12.6. The molecule has 1 fully saturated rings. The van der Waals surface area contributed by atoms with Crippen LogP contribution in [0.1, 0.15) is 29.5 Å². The lowest BCUT2D eigenvalue weighted by Crippen LogP contribution is -2.54. The minimum atomic E-state index is -0.509. The Morgan fingerprint density at radius 3 is 2.24 bits per heavy atom. The second kappa shape index (κ2) is 4.15. The third kappa shape index (κ3) is 1.95. The summed E-state index contributed by atoms with van der Waals surface area (Å²) in [5, 5.41) is 0. The van der Waals surface area contributed by atoms with Gasteiger partial charge in [0.1, 0.15) is 0 Å². The molecule has 92 valence electrons. The van der Waals surface area contributed by atoms with Crippen LogP contribution in [0.5, 0.6) is 0 Å². The van der Waals surface area contributed by atoms with Crippen molar-refractivity contribution in [3.63, 3.8) is 0 Å². The summed E-state index contributed by atoms with van der Waals surface area (Å²) < 4.78 is 4.95. The van der Waals surface area contributed by atoms with E-state index in [1.807, 2.05) is 13.8 Å². The summed E-state index contributed by atoms with van der Waals surface area (Å²) in [6.45, 7) is 4.08. The van der Waals surface area contributed by atoms with Gasteiger partial charge in [-0.2, -0.15) is 0 Å². The summed E-state index contributed by atoms with van der Waals surface area (Å²) in [6, 6.07) is 6.34. The van der Waals surface area contributed by atoms with E-state index in [-0.39, 0.29) is 12.0 Å². The van der Waals surface area contributed by atoms with Gasteiger partial charge in [0.05, 0.1) is 12.5 Å². The van der Waals surface area contributed by atoms with Gasteiger partial charge >= 0.3 is 5.97 Å². The van der Waals surface area contributed by atoms with Crippen molar-refractivity contribution in [2.45, 2.75) is 38.1 Å². The van der Waals surface area contributed by atoms with Crippen molar-refractivity contribution in [3.8, 4) is 0 Å². The molecule has 1 aromatic carbocycles. The van der Waals surface area contributed by atoms with Gasteiger partial charge in [-0.15, -0.1) is 0 Å². The predicted octanol–water partition coefficient (Wildman–Crippen LogP) is 1.84. The number of hydrogen-bond donors (Lipinski definition) is 1. The minimum Gasteiger partial charge on any atom is -0.468 e. The zero-order valence-electron chi connectivity index (χ0n) is 10.6. The predicted molar refractivity (Wildman–Crippen MR) is 66.8 cm³/mol. The molecule has 2 N–H and O–H groups in total. The van der Waals surface area contributed by atoms with Crippen molar-refractivity contribution >= 4 is 5.97 Å². The number of methoxy groups -OCH3 is 1. The standard InChI is InChI=1S/C14H19NO2/c1-9-4-10(2)6-11(5-9)14(13(16)17-3)7-12(15)8-14/h4-6,12H,7-8,15H2,1-3H3. The lowest BCUT2D eigenvalue weighted by Gasteiger charge is -2.44. The van der Waals surface area contributed by atoms with E-state index in [1.165, 1.54) is 18.2 Å². The minimum absolute atomic E-state index is 0.106. The molecular formula is C14H19NO2. The van der Waals surface area contributed by atoms with Crippen LogP contribution >= 0.6 is 0 Å². The Morgan fingerprint density at radius 2 is 1.82 bits per heavy atom. The number of hydrogen-bond acceptors (Lipinski definition) is 3. The van der Waals surface area contributed by atoms with Crippen LogP contribution < -0.4 is 5.73 Å². The number of ether oxygens (including phenoxy) is 1. The molecule has 0 heterocycles. The Balaban J connectivity index is 2.43. The summed E-state index contributed by atoms with van der Waals surface area (Å²) >= 11 is 0. The maximum Gasteiger partial charge on any atom is 0.316 e. The van der Waals surface area contributed by atoms with Crippen LogP contribution in [0.15, 0.2) is 18.2 Å². The zero-order valence-corrected chi connectivity index (χ0v) is 10.6. The van der Waals surface area contributed by atoms with Crippen molar-refractivity contribution in [2.24, 2.45) is 5.73 Å². The third-order valence-corrected chi connectivity index (χ3v) is 3.57. The molecule has 0 radical (unpaired) electrons. The van der Waals surface area contributed by atoms with Crippen molar-refractivity contribution in [1.82, 2.24) is 0 Å². The van der Waals surface area contributed by atoms with Crippen LogP contribution in [0.3, 0.4) is 0 Å². The maximum atomic E-state index is 12.0. The summed E-state index contributed by atoms with van der Waals surface area (Å²) in [5.41, 5.74) is 8.73. The summed E-state index contributed by atoms with van der Waals surface area (Å²) in [4.78, 5) is 12.0. The third-order valence-electron chi connectivity index (χ3n) is 3.57. The van der Waals surface area contributed by atoms with E-state index in [0.717, 1.165) is 5.56 Å². The Morgan fingerprint density at radius 1 is 1.29 bits per heavy atom.